The molecule has 0 saturated heterocycles. The van der Waals surface area contributed by atoms with Crippen molar-refractivity contribution in [3.63, 3.8) is 0 Å². The number of nitrogens with zero attached hydrogens (tertiary/aromatic N) is 1. The van der Waals surface area contributed by atoms with Crippen LogP contribution in [0.15, 0.2) is 24.3 Å². The van der Waals surface area contributed by atoms with Crippen LogP contribution in [-0.2, 0) is 27.9 Å². The number of phosphoric acid groups is 1. The lowest BCUT2D eigenvalue weighted by molar-refractivity contribution is -0.870. The lowest BCUT2D eigenvalue weighted by Crippen LogP contribution is -2.37. The largest absolute Gasteiger partial charge is 0.756 e. The van der Waals surface area contributed by atoms with E-state index in [0.29, 0.717) is 24.1 Å². The van der Waals surface area contributed by atoms with Crippen molar-refractivity contribution in [3.05, 3.63) is 24.3 Å². The second-order valence-corrected chi connectivity index (χ2v) is 19.9. The summed E-state index contributed by atoms with van der Waals surface area (Å²) in [5.74, 6) is -0.330. The van der Waals surface area contributed by atoms with Gasteiger partial charge in [-0.2, -0.15) is 0 Å². The Morgan fingerprint density at radius 1 is 0.517 bits per heavy atom. The van der Waals surface area contributed by atoms with Crippen LogP contribution >= 0.6 is 7.82 Å². The molecule has 9 heteroatoms. The van der Waals surface area contributed by atoms with E-state index in [9.17, 15) is 14.3 Å². The molecule has 356 valence electrons. The molecule has 0 radical (unpaired) electrons. The molecule has 0 aliphatic carbocycles. The van der Waals surface area contributed by atoms with E-state index in [1.807, 2.05) is 21.1 Å². The van der Waals surface area contributed by atoms with Crippen LogP contribution in [0, 0.1) is 0 Å². The second kappa shape index (κ2) is 44.6. The summed E-state index contributed by atoms with van der Waals surface area (Å²) in [5, 5.41) is 0. The first-order valence-electron chi connectivity index (χ1n) is 25.6. The zero-order valence-corrected chi connectivity index (χ0v) is 41.3. The zero-order chi connectivity index (χ0) is 44.1. The van der Waals surface area contributed by atoms with Crippen molar-refractivity contribution < 1.29 is 37.3 Å². The van der Waals surface area contributed by atoms with Crippen LogP contribution in [0.4, 0.5) is 0 Å². The van der Waals surface area contributed by atoms with Gasteiger partial charge in [-0.15, -0.1) is 0 Å². The number of rotatable bonds is 48. The average molecular weight is 870 g/mol. The van der Waals surface area contributed by atoms with E-state index in [-0.39, 0.29) is 25.8 Å². The Balaban J connectivity index is 4.12. The van der Waals surface area contributed by atoms with Gasteiger partial charge in [0.2, 0.25) is 0 Å². The van der Waals surface area contributed by atoms with Crippen molar-refractivity contribution >= 4 is 13.8 Å². The first-order chi connectivity index (χ1) is 29.1. The number of allylic oxidation sites excluding steroid dienone is 4. The zero-order valence-electron chi connectivity index (χ0n) is 40.4. The fraction of sp³-hybridized carbons (Fsp3) is 0.902. The molecule has 0 heterocycles. The summed E-state index contributed by atoms with van der Waals surface area (Å²) in [6, 6.07) is 0. The molecule has 0 aromatic rings. The van der Waals surface area contributed by atoms with E-state index in [0.717, 1.165) is 38.5 Å². The summed E-state index contributed by atoms with van der Waals surface area (Å²) in [6.07, 6.45) is 51.9. The van der Waals surface area contributed by atoms with Crippen LogP contribution in [0.1, 0.15) is 239 Å². The minimum absolute atomic E-state index is 0.0279. The highest BCUT2D eigenvalue weighted by Crippen LogP contribution is 2.38. The summed E-state index contributed by atoms with van der Waals surface area (Å²) in [5.41, 5.74) is 0. The Hall–Kier alpha value is -1.02. The molecule has 2 unspecified atom stereocenters. The van der Waals surface area contributed by atoms with E-state index >= 15 is 0 Å². The van der Waals surface area contributed by atoms with E-state index in [1.165, 1.54) is 180 Å². The number of hydrogen-bond donors (Lipinski definition) is 0. The number of esters is 1. The molecule has 0 spiro atoms. The first kappa shape index (κ1) is 59.0. The molecule has 2 atom stereocenters. The summed E-state index contributed by atoms with van der Waals surface area (Å²) in [7, 11) is 1.37. The lowest BCUT2D eigenvalue weighted by Gasteiger charge is -2.28. The molecule has 0 aromatic heterocycles. The number of quaternary nitrogens is 1. The molecular formula is C51H100NO7P. The summed E-state index contributed by atoms with van der Waals surface area (Å²) >= 11 is 0. The Bertz CT molecular complexity index is 1010. The first-order valence-corrected chi connectivity index (χ1v) is 27.0. The predicted molar refractivity (Wildman–Crippen MR) is 254 cm³/mol. The van der Waals surface area contributed by atoms with Crippen molar-refractivity contribution in [2.75, 3.05) is 54.1 Å². The van der Waals surface area contributed by atoms with Gasteiger partial charge in [-0.05, 0) is 44.9 Å². The molecule has 0 rings (SSSR count). The number of carbonyl (C=O) groups is 1. The average Bonchev–Trinajstić information content (AvgIpc) is 3.20. The quantitative estimate of drug-likeness (QED) is 0.0198. The van der Waals surface area contributed by atoms with E-state index in [4.69, 9.17) is 18.5 Å². The van der Waals surface area contributed by atoms with Crippen LogP contribution in [0.5, 0.6) is 0 Å². The number of carbonyl (C=O) groups excluding carboxylic acids is 1. The maximum absolute atomic E-state index is 12.7. The minimum Gasteiger partial charge on any atom is -0.756 e. The maximum Gasteiger partial charge on any atom is 0.306 e. The Morgan fingerprint density at radius 3 is 1.38 bits per heavy atom. The number of hydrogen-bond acceptors (Lipinski definition) is 7. The number of unbranched alkanes of at least 4 members (excludes halogenated alkanes) is 30. The molecule has 0 fully saturated rings. The van der Waals surface area contributed by atoms with Crippen molar-refractivity contribution in [1.29, 1.82) is 0 Å². The van der Waals surface area contributed by atoms with Crippen LogP contribution in [0.2, 0.25) is 0 Å². The molecule has 0 saturated carbocycles. The fourth-order valence-electron chi connectivity index (χ4n) is 7.28. The molecule has 0 aromatic carbocycles. The van der Waals surface area contributed by atoms with Gasteiger partial charge in [0.15, 0.2) is 0 Å². The third-order valence-corrected chi connectivity index (χ3v) is 12.2. The number of phosphoric ester groups is 1. The van der Waals surface area contributed by atoms with Crippen LogP contribution in [-0.4, -0.2) is 70.7 Å². The van der Waals surface area contributed by atoms with Gasteiger partial charge in [0.1, 0.15) is 19.3 Å². The molecule has 0 amide bonds. The topological polar surface area (TPSA) is 94.1 Å². The van der Waals surface area contributed by atoms with E-state index in [1.54, 1.807) is 0 Å². The SMILES string of the molecule is CCCCC/C=C\C/C=C\CCCCCCCCCCCCOCC(COP(=O)([O-])OCC[N+](C)(C)C)OC(=O)CCCCCCCCCCCCCCCCCCCC. The molecular weight excluding hydrogens is 770 g/mol. The molecule has 0 bridgehead atoms. The highest BCUT2D eigenvalue weighted by molar-refractivity contribution is 7.45. The van der Waals surface area contributed by atoms with Crippen molar-refractivity contribution in [2.24, 2.45) is 0 Å². The monoisotopic (exact) mass is 870 g/mol. The molecule has 60 heavy (non-hydrogen) atoms. The van der Waals surface area contributed by atoms with Gasteiger partial charge < -0.3 is 27.9 Å². The Labute approximate surface area is 373 Å². The predicted octanol–water partition coefficient (Wildman–Crippen LogP) is 14.9. The summed E-state index contributed by atoms with van der Waals surface area (Å²) < 4.78 is 34.8. The summed E-state index contributed by atoms with van der Waals surface area (Å²) in [6.45, 7) is 5.43. The normalized spacial score (nSPS) is 13.8. The highest BCUT2D eigenvalue weighted by atomic mass is 31.2. The number of ether oxygens (including phenoxy) is 2. The molecule has 0 aliphatic heterocycles. The van der Waals surface area contributed by atoms with Gasteiger partial charge in [-0.3, -0.25) is 9.36 Å². The van der Waals surface area contributed by atoms with Gasteiger partial charge >= 0.3 is 5.97 Å². The van der Waals surface area contributed by atoms with E-state index < -0.39 is 13.9 Å². The third kappa shape index (κ3) is 48.0. The van der Waals surface area contributed by atoms with Crippen LogP contribution in [0.25, 0.3) is 0 Å². The van der Waals surface area contributed by atoms with Crippen molar-refractivity contribution in [1.82, 2.24) is 0 Å². The van der Waals surface area contributed by atoms with Crippen molar-refractivity contribution in [3.8, 4) is 0 Å². The second-order valence-electron chi connectivity index (χ2n) is 18.5. The Morgan fingerprint density at radius 2 is 0.917 bits per heavy atom. The fourth-order valence-corrected chi connectivity index (χ4v) is 8.01. The number of likely N-dealkylation sites (N-methyl/N-ethyl adjacent to an activating group) is 1. The smallest absolute Gasteiger partial charge is 0.306 e. The van der Waals surface area contributed by atoms with Gasteiger partial charge in [0, 0.05) is 13.0 Å². The third-order valence-electron chi connectivity index (χ3n) is 11.3. The molecule has 0 N–H and O–H groups in total. The standard InChI is InChI=1S/C51H100NO7P/c1-6-8-10-12-14-16-18-20-22-24-26-27-29-31-33-35-37-39-41-43-46-56-48-50(49-58-60(54,55)57-47-45-52(3,4)5)59-51(53)44-42-40-38-36-34-32-30-28-25-23-21-19-17-15-13-11-9-7-2/h14,16,20,22,50H,6-13,15,17-19,21,23-49H2,1-5H3/b16-14-,22-20-. The van der Waals surface area contributed by atoms with E-state index in [2.05, 4.69) is 38.2 Å². The van der Waals surface area contributed by atoms with Gasteiger partial charge in [0.05, 0.1) is 34.4 Å². The van der Waals surface area contributed by atoms with Crippen molar-refractivity contribution in [2.45, 2.75) is 245 Å². The Kier molecular flexibility index (Phi) is 43.8. The molecule has 8 nitrogen and oxygen atoms in total. The van der Waals surface area contributed by atoms with Gasteiger partial charge in [-0.25, -0.2) is 0 Å². The van der Waals surface area contributed by atoms with Crippen LogP contribution < -0.4 is 4.89 Å². The lowest BCUT2D eigenvalue weighted by atomic mass is 10.0. The van der Waals surface area contributed by atoms with Crippen LogP contribution in [0.3, 0.4) is 0 Å². The van der Waals surface area contributed by atoms with Gasteiger partial charge in [-0.1, -0.05) is 212 Å². The summed E-state index contributed by atoms with van der Waals surface area (Å²) in [4.78, 5) is 25.2. The maximum atomic E-state index is 12.7. The van der Waals surface area contributed by atoms with Gasteiger partial charge in [0.25, 0.3) is 7.82 Å². The molecule has 0 aliphatic rings. The minimum atomic E-state index is -4.53. The highest BCUT2D eigenvalue weighted by Gasteiger charge is 2.20.